The van der Waals surface area contributed by atoms with Crippen LogP contribution in [0.4, 0.5) is 0 Å². The van der Waals surface area contributed by atoms with E-state index in [1.807, 2.05) is 0 Å². The fourth-order valence-corrected chi connectivity index (χ4v) is 6.52. The molecule has 1 aromatic rings. The van der Waals surface area contributed by atoms with Gasteiger partial charge in [-0.2, -0.15) is 0 Å². The first-order chi connectivity index (χ1) is 7.94. The Morgan fingerprint density at radius 3 is 2.47 bits per heavy atom. The Morgan fingerprint density at radius 1 is 1.29 bits per heavy atom. The van der Waals surface area contributed by atoms with Gasteiger partial charge in [0.15, 0.2) is 0 Å². The molecule has 1 aromatic carbocycles. The van der Waals surface area contributed by atoms with Crippen LogP contribution in [0.25, 0.3) is 0 Å². The highest BCUT2D eigenvalue weighted by Gasteiger charge is 2.42. The summed E-state index contributed by atoms with van der Waals surface area (Å²) in [5.74, 6) is 0.693. The Kier molecular flexibility index (Phi) is 3.46. The Morgan fingerprint density at radius 2 is 1.94 bits per heavy atom. The maximum atomic E-state index is 6.04. The molecule has 0 spiro atoms. The molecule has 0 bridgehead atoms. The molecule has 0 amide bonds. The number of hydrogen-bond donors (Lipinski definition) is 0. The van der Waals surface area contributed by atoms with E-state index in [9.17, 15) is 0 Å². The molecule has 1 heterocycles. The van der Waals surface area contributed by atoms with Crippen molar-refractivity contribution in [1.82, 2.24) is 0 Å². The summed E-state index contributed by atoms with van der Waals surface area (Å²) in [5.41, 5.74) is 0.103. The average molecular weight is 248 g/mol. The van der Waals surface area contributed by atoms with Crippen LogP contribution < -0.4 is 5.19 Å². The molecule has 1 fully saturated rings. The van der Waals surface area contributed by atoms with Gasteiger partial charge < -0.3 is 4.74 Å². The highest BCUT2D eigenvalue weighted by atomic mass is 28.3. The average Bonchev–Trinajstić information content (AvgIpc) is 2.59. The zero-order valence-corrected chi connectivity index (χ0v) is 12.5. The first-order valence-corrected chi connectivity index (χ1v) is 9.84. The van der Waals surface area contributed by atoms with E-state index in [0.717, 1.165) is 6.61 Å². The minimum atomic E-state index is -1.38. The molecular weight excluding hydrogens is 224 g/mol. The van der Waals surface area contributed by atoms with E-state index in [2.05, 4.69) is 57.3 Å². The van der Waals surface area contributed by atoms with E-state index in [1.165, 1.54) is 12.5 Å². The highest BCUT2D eigenvalue weighted by molar-refractivity contribution is 6.90. The summed E-state index contributed by atoms with van der Waals surface area (Å²) in [7, 11) is -1.38. The fraction of sp³-hybridized carbons (Fsp3) is 0.600. The lowest BCUT2D eigenvalue weighted by Gasteiger charge is -2.36. The lowest BCUT2D eigenvalue weighted by Crippen LogP contribution is -2.49. The number of ether oxygens (including phenoxy) is 1. The van der Waals surface area contributed by atoms with Crippen molar-refractivity contribution in [1.29, 1.82) is 0 Å². The molecule has 17 heavy (non-hydrogen) atoms. The van der Waals surface area contributed by atoms with Crippen molar-refractivity contribution in [3.63, 3.8) is 0 Å². The van der Waals surface area contributed by atoms with Crippen LogP contribution in [0.1, 0.15) is 20.3 Å². The van der Waals surface area contributed by atoms with Gasteiger partial charge in [0, 0.05) is 6.61 Å². The van der Waals surface area contributed by atoms with Gasteiger partial charge in [0.05, 0.1) is 13.7 Å². The minimum absolute atomic E-state index is 0.103. The van der Waals surface area contributed by atoms with E-state index in [0.29, 0.717) is 5.92 Å². The van der Waals surface area contributed by atoms with E-state index in [1.54, 1.807) is 5.19 Å². The van der Waals surface area contributed by atoms with Gasteiger partial charge in [-0.05, 0) is 25.3 Å². The van der Waals surface area contributed by atoms with Gasteiger partial charge in [-0.1, -0.05) is 55.5 Å². The molecular formula is C15H24OSi. The quantitative estimate of drug-likeness (QED) is 0.745. The molecule has 2 atom stereocenters. The van der Waals surface area contributed by atoms with Crippen LogP contribution in [0.15, 0.2) is 30.3 Å². The Balaban J connectivity index is 2.17. The van der Waals surface area contributed by atoms with Crippen LogP contribution in [-0.2, 0) is 4.74 Å². The summed E-state index contributed by atoms with van der Waals surface area (Å²) >= 11 is 0. The zero-order valence-electron chi connectivity index (χ0n) is 11.5. The van der Waals surface area contributed by atoms with E-state index in [-0.39, 0.29) is 5.60 Å². The summed E-state index contributed by atoms with van der Waals surface area (Å²) in [6, 6.07) is 12.2. The van der Waals surface area contributed by atoms with Gasteiger partial charge in [0.1, 0.15) is 0 Å². The molecule has 94 valence electrons. The molecule has 0 saturated carbocycles. The highest BCUT2D eigenvalue weighted by Crippen LogP contribution is 2.38. The largest absolute Gasteiger partial charge is 0.375 e. The molecule has 2 rings (SSSR count). The fourth-order valence-electron chi connectivity index (χ4n) is 3.01. The molecule has 2 heteroatoms. The molecule has 1 aliphatic heterocycles. The van der Waals surface area contributed by atoms with Crippen LogP contribution >= 0.6 is 0 Å². The summed E-state index contributed by atoms with van der Waals surface area (Å²) in [6.45, 7) is 10.5. The monoisotopic (exact) mass is 248 g/mol. The Hall–Kier alpha value is -0.603. The van der Waals surface area contributed by atoms with Crippen LogP contribution in [0.2, 0.25) is 19.1 Å². The van der Waals surface area contributed by atoms with Crippen LogP contribution in [0.5, 0.6) is 0 Å². The van der Waals surface area contributed by atoms with E-state index >= 15 is 0 Å². The van der Waals surface area contributed by atoms with Crippen molar-refractivity contribution >= 4 is 13.3 Å². The minimum Gasteiger partial charge on any atom is -0.375 e. The molecule has 0 radical (unpaired) electrons. The molecule has 1 aliphatic rings. The second kappa shape index (κ2) is 4.58. The van der Waals surface area contributed by atoms with Crippen molar-refractivity contribution in [2.24, 2.45) is 5.92 Å². The third-order valence-corrected chi connectivity index (χ3v) is 7.86. The van der Waals surface area contributed by atoms with Crippen LogP contribution in [-0.4, -0.2) is 20.3 Å². The summed E-state index contributed by atoms with van der Waals surface area (Å²) in [6.07, 6.45) is 1.22. The molecule has 1 nitrogen and oxygen atoms in total. The van der Waals surface area contributed by atoms with E-state index < -0.39 is 8.07 Å². The van der Waals surface area contributed by atoms with Crippen molar-refractivity contribution in [3.05, 3.63) is 30.3 Å². The smallest absolute Gasteiger partial charge is 0.0834 e. The van der Waals surface area contributed by atoms with Crippen LogP contribution in [0.3, 0.4) is 0 Å². The maximum absolute atomic E-state index is 6.04. The van der Waals surface area contributed by atoms with Gasteiger partial charge in [-0.15, -0.1) is 0 Å². The molecule has 1 saturated heterocycles. The third kappa shape index (κ3) is 2.63. The Labute approximate surface area is 106 Å². The van der Waals surface area contributed by atoms with Gasteiger partial charge in [0.25, 0.3) is 0 Å². The zero-order chi connectivity index (χ0) is 12.5. The topological polar surface area (TPSA) is 9.23 Å². The van der Waals surface area contributed by atoms with Gasteiger partial charge >= 0.3 is 0 Å². The first kappa shape index (κ1) is 12.8. The predicted molar refractivity (Wildman–Crippen MR) is 76.5 cm³/mol. The lowest BCUT2D eigenvalue weighted by molar-refractivity contribution is 0.0144. The van der Waals surface area contributed by atoms with E-state index in [4.69, 9.17) is 4.74 Å². The standard InChI is InChI=1S/C15H24OSi/c1-13-10-11-16-15(13,2)12-17(3,4)14-8-6-5-7-9-14/h5-9,13H,10-12H2,1-4H3/t13-,15+/m1/s1. The number of rotatable bonds is 3. The van der Waals surface area contributed by atoms with Crippen molar-refractivity contribution in [2.75, 3.05) is 6.61 Å². The third-order valence-electron chi connectivity index (χ3n) is 4.37. The SMILES string of the molecule is C[C@@H]1CCO[C@@]1(C)C[Si](C)(C)c1ccccc1. The van der Waals surface area contributed by atoms with Crippen molar-refractivity contribution in [3.8, 4) is 0 Å². The summed E-state index contributed by atoms with van der Waals surface area (Å²) < 4.78 is 6.04. The molecule has 0 N–H and O–H groups in total. The summed E-state index contributed by atoms with van der Waals surface area (Å²) in [5, 5.41) is 1.55. The summed E-state index contributed by atoms with van der Waals surface area (Å²) in [4.78, 5) is 0. The van der Waals surface area contributed by atoms with Crippen molar-refractivity contribution < 1.29 is 4.74 Å². The molecule has 0 aromatic heterocycles. The first-order valence-electron chi connectivity index (χ1n) is 6.63. The Bertz CT molecular complexity index is 374. The van der Waals surface area contributed by atoms with Crippen molar-refractivity contribution in [2.45, 2.75) is 45.0 Å². The number of benzene rings is 1. The van der Waals surface area contributed by atoms with Crippen LogP contribution in [0, 0.1) is 5.92 Å². The second-order valence-corrected chi connectivity index (χ2v) is 11.0. The maximum Gasteiger partial charge on any atom is 0.0834 e. The number of hydrogen-bond acceptors (Lipinski definition) is 1. The second-order valence-electron chi connectivity index (χ2n) is 6.28. The predicted octanol–water partition coefficient (Wildman–Crippen LogP) is 3.42. The molecule has 0 unspecified atom stereocenters. The molecule has 0 aliphatic carbocycles. The van der Waals surface area contributed by atoms with Gasteiger partial charge in [-0.25, -0.2) is 0 Å². The normalized spacial score (nSPS) is 29.5. The lowest BCUT2D eigenvalue weighted by atomic mass is 9.93. The van der Waals surface area contributed by atoms with Gasteiger partial charge in [-0.3, -0.25) is 0 Å². The van der Waals surface area contributed by atoms with Gasteiger partial charge in [0.2, 0.25) is 0 Å².